The van der Waals surface area contributed by atoms with Crippen molar-refractivity contribution in [2.45, 2.75) is 0 Å². The second kappa shape index (κ2) is 6.15. The van der Waals surface area contributed by atoms with Crippen molar-refractivity contribution in [3.05, 3.63) is 29.6 Å². The van der Waals surface area contributed by atoms with Crippen LogP contribution in [0.1, 0.15) is 16.1 Å². The third kappa shape index (κ3) is 3.06. The molecule has 0 bridgehead atoms. The van der Waals surface area contributed by atoms with Crippen molar-refractivity contribution in [1.29, 1.82) is 0 Å². The molecule has 2 rings (SSSR count). The maximum absolute atomic E-state index is 12.1. The minimum absolute atomic E-state index is 0.0834. The standard InChI is InChI=1S/C13H14N2O3/c16-7-1-2-11-3-4-12(14-10-11)13(17)15-5-8-18-9-6-15/h3-4,10,16H,5-9H2. The summed E-state index contributed by atoms with van der Waals surface area (Å²) in [5.74, 6) is 5.18. The van der Waals surface area contributed by atoms with Gasteiger partial charge in [0.05, 0.1) is 13.2 Å². The number of rotatable bonds is 1. The highest BCUT2D eigenvalue weighted by Crippen LogP contribution is 2.06. The van der Waals surface area contributed by atoms with Gasteiger partial charge in [-0.2, -0.15) is 0 Å². The number of hydrogen-bond donors (Lipinski definition) is 1. The Hall–Kier alpha value is -1.90. The molecule has 0 atom stereocenters. The number of hydrogen-bond acceptors (Lipinski definition) is 4. The lowest BCUT2D eigenvalue weighted by Crippen LogP contribution is -2.41. The lowest BCUT2D eigenvalue weighted by Gasteiger charge is -2.26. The Kier molecular flexibility index (Phi) is 4.29. The summed E-state index contributed by atoms with van der Waals surface area (Å²) < 4.78 is 5.19. The van der Waals surface area contributed by atoms with E-state index in [-0.39, 0.29) is 12.5 Å². The van der Waals surface area contributed by atoms with Crippen molar-refractivity contribution in [3.63, 3.8) is 0 Å². The summed E-state index contributed by atoms with van der Waals surface area (Å²) in [5, 5.41) is 8.57. The van der Waals surface area contributed by atoms with Gasteiger partial charge in [0.1, 0.15) is 12.3 Å². The lowest BCUT2D eigenvalue weighted by atomic mass is 10.2. The molecule has 0 spiro atoms. The van der Waals surface area contributed by atoms with Gasteiger partial charge >= 0.3 is 0 Å². The molecule has 1 aliphatic rings. The topological polar surface area (TPSA) is 62.7 Å². The molecule has 0 aromatic carbocycles. The third-order valence-corrected chi connectivity index (χ3v) is 2.59. The second-order valence-electron chi connectivity index (χ2n) is 3.80. The summed E-state index contributed by atoms with van der Waals surface area (Å²) in [5.41, 5.74) is 1.09. The highest BCUT2D eigenvalue weighted by Gasteiger charge is 2.19. The van der Waals surface area contributed by atoms with Gasteiger partial charge in [-0.25, -0.2) is 4.98 Å². The SMILES string of the molecule is O=C(c1ccc(C#CCO)cn1)N1CCOCC1. The predicted molar refractivity (Wildman–Crippen MR) is 64.9 cm³/mol. The number of pyridine rings is 1. The number of carbonyl (C=O) groups is 1. The van der Waals surface area contributed by atoms with E-state index in [0.29, 0.717) is 37.6 Å². The molecule has 0 radical (unpaired) electrons. The van der Waals surface area contributed by atoms with Crippen LogP contribution in [0, 0.1) is 11.8 Å². The van der Waals surface area contributed by atoms with E-state index in [0.717, 1.165) is 0 Å². The first-order valence-electron chi connectivity index (χ1n) is 5.74. The molecular weight excluding hydrogens is 232 g/mol. The van der Waals surface area contributed by atoms with Crippen LogP contribution in [0.5, 0.6) is 0 Å². The van der Waals surface area contributed by atoms with Gasteiger partial charge < -0.3 is 14.7 Å². The Morgan fingerprint density at radius 1 is 1.44 bits per heavy atom. The van der Waals surface area contributed by atoms with E-state index < -0.39 is 0 Å². The largest absolute Gasteiger partial charge is 0.384 e. The van der Waals surface area contributed by atoms with E-state index in [4.69, 9.17) is 9.84 Å². The number of nitrogens with zero attached hydrogens (tertiary/aromatic N) is 2. The highest BCUT2D eigenvalue weighted by atomic mass is 16.5. The highest BCUT2D eigenvalue weighted by molar-refractivity contribution is 5.92. The average molecular weight is 246 g/mol. The van der Waals surface area contributed by atoms with Gasteiger partial charge in [0.25, 0.3) is 5.91 Å². The van der Waals surface area contributed by atoms with E-state index in [1.165, 1.54) is 6.20 Å². The minimum Gasteiger partial charge on any atom is -0.384 e. The van der Waals surface area contributed by atoms with Crippen molar-refractivity contribution in [2.75, 3.05) is 32.9 Å². The van der Waals surface area contributed by atoms with Crippen LogP contribution >= 0.6 is 0 Å². The molecule has 0 saturated carbocycles. The molecule has 1 amide bonds. The number of ether oxygens (including phenoxy) is 1. The van der Waals surface area contributed by atoms with Gasteiger partial charge in [-0.3, -0.25) is 4.79 Å². The monoisotopic (exact) mass is 246 g/mol. The van der Waals surface area contributed by atoms with Crippen LogP contribution in [0.2, 0.25) is 0 Å². The quantitative estimate of drug-likeness (QED) is 0.703. The fraction of sp³-hybridized carbons (Fsp3) is 0.385. The molecule has 5 nitrogen and oxygen atoms in total. The summed E-state index contributed by atoms with van der Waals surface area (Å²) in [7, 11) is 0. The van der Waals surface area contributed by atoms with Gasteiger partial charge in [0, 0.05) is 24.8 Å². The van der Waals surface area contributed by atoms with Crippen LogP contribution in [-0.4, -0.2) is 53.8 Å². The van der Waals surface area contributed by atoms with E-state index in [1.807, 2.05) is 0 Å². The molecule has 94 valence electrons. The number of aliphatic hydroxyl groups is 1. The lowest BCUT2D eigenvalue weighted by molar-refractivity contribution is 0.0299. The van der Waals surface area contributed by atoms with Gasteiger partial charge in [-0.15, -0.1) is 0 Å². The van der Waals surface area contributed by atoms with Crippen LogP contribution in [0.4, 0.5) is 0 Å². The van der Waals surface area contributed by atoms with E-state index in [2.05, 4.69) is 16.8 Å². The molecule has 1 fully saturated rings. The van der Waals surface area contributed by atoms with Crippen LogP contribution < -0.4 is 0 Å². The molecule has 5 heteroatoms. The fourth-order valence-electron chi connectivity index (χ4n) is 1.66. The van der Waals surface area contributed by atoms with Crippen molar-refractivity contribution in [3.8, 4) is 11.8 Å². The molecule has 0 unspecified atom stereocenters. The number of aliphatic hydroxyl groups excluding tert-OH is 1. The van der Waals surface area contributed by atoms with Crippen LogP contribution in [-0.2, 0) is 4.74 Å². The molecule has 18 heavy (non-hydrogen) atoms. The number of carbonyl (C=O) groups excluding carboxylic acids is 1. The first-order chi connectivity index (χ1) is 8.81. The zero-order chi connectivity index (χ0) is 12.8. The summed E-state index contributed by atoms with van der Waals surface area (Å²) in [6.45, 7) is 2.17. The van der Waals surface area contributed by atoms with Gasteiger partial charge in [-0.1, -0.05) is 11.8 Å². The molecule has 1 aromatic rings. The molecule has 1 saturated heterocycles. The van der Waals surface area contributed by atoms with Gasteiger partial charge in [0.15, 0.2) is 0 Å². The van der Waals surface area contributed by atoms with Gasteiger partial charge in [0.2, 0.25) is 0 Å². The van der Waals surface area contributed by atoms with E-state index in [1.54, 1.807) is 17.0 Å². The Balaban J connectivity index is 2.06. The summed E-state index contributed by atoms with van der Waals surface area (Å²) in [6.07, 6.45) is 1.54. The van der Waals surface area contributed by atoms with Crippen LogP contribution in [0.15, 0.2) is 18.3 Å². The Morgan fingerprint density at radius 3 is 2.83 bits per heavy atom. The maximum atomic E-state index is 12.1. The summed E-state index contributed by atoms with van der Waals surface area (Å²) >= 11 is 0. The number of aromatic nitrogens is 1. The number of amides is 1. The number of morpholine rings is 1. The van der Waals surface area contributed by atoms with Crippen molar-refractivity contribution in [1.82, 2.24) is 9.88 Å². The molecule has 1 N–H and O–H groups in total. The summed E-state index contributed by atoms with van der Waals surface area (Å²) in [6, 6.07) is 3.38. The smallest absolute Gasteiger partial charge is 0.272 e. The minimum atomic E-state index is -0.186. The zero-order valence-corrected chi connectivity index (χ0v) is 9.93. The molecule has 2 heterocycles. The average Bonchev–Trinajstić information content (AvgIpc) is 2.46. The third-order valence-electron chi connectivity index (χ3n) is 2.59. The molecule has 0 aliphatic carbocycles. The predicted octanol–water partition coefficient (Wildman–Crippen LogP) is -0.102. The molecule has 1 aliphatic heterocycles. The van der Waals surface area contributed by atoms with Crippen molar-refractivity contribution < 1.29 is 14.6 Å². The fourth-order valence-corrected chi connectivity index (χ4v) is 1.66. The Bertz CT molecular complexity index is 467. The first-order valence-corrected chi connectivity index (χ1v) is 5.74. The van der Waals surface area contributed by atoms with Crippen molar-refractivity contribution in [2.24, 2.45) is 0 Å². The van der Waals surface area contributed by atoms with Gasteiger partial charge in [-0.05, 0) is 12.1 Å². The maximum Gasteiger partial charge on any atom is 0.272 e. The Labute approximate surface area is 105 Å². The van der Waals surface area contributed by atoms with E-state index in [9.17, 15) is 4.79 Å². The normalized spacial score (nSPS) is 14.8. The first kappa shape index (κ1) is 12.6. The zero-order valence-electron chi connectivity index (χ0n) is 9.93. The summed E-state index contributed by atoms with van der Waals surface area (Å²) in [4.78, 5) is 17.9. The van der Waals surface area contributed by atoms with Crippen molar-refractivity contribution >= 4 is 5.91 Å². The molecule has 1 aromatic heterocycles. The van der Waals surface area contributed by atoms with E-state index >= 15 is 0 Å². The van der Waals surface area contributed by atoms with Crippen LogP contribution in [0.25, 0.3) is 0 Å². The van der Waals surface area contributed by atoms with Crippen LogP contribution in [0.3, 0.4) is 0 Å². The molecular formula is C13H14N2O3. The second-order valence-corrected chi connectivity index (χ2v) is 3.80. The Morgan fingerprint density at radius 2 is 2.22 bits per heavy atom.